The summed E-state index contributed by atoms with van der Waals surface area (Å²) in [6.07, 6.45) is 3.21. The number of hydrogen-bond acceptors (Lipinski definition) is 7. The quantitative estimate of drug-likeness (QED) is 0.349. The van der Waals surface area contributed by atoms with E-state index in [0.29, 0.717) is 34.1 Å². The third-order valence-electron chi connectivity index (χ3n) is 4.75. The van der Waals surface area contributed by atoms with Gasteiger partial charge in [-0.1, -0.05) is 12.1 Å². The van der Waals surface area contributed by atoms with Crippen molar-refractivity contribution < 1.29 is 28.5 Å². The average molecular weight is 417 g/mol. The van der Waals surface area contributed by atoms with Crippen molar-refractivity contribution in [2.45, 2.75) is 6.92 Å². The molecular weight excluding hydrogens is 398 g/mol. The molecule has 0 N–H and O–H groups in total. The normalized spacial score (nSPS) is 13.5. The molecule has 2 heterocycles. The van der Waals surface area contributed by atoms with Crippen molar-refractivity contribution in [1.82, 2.24) is 4.98 Å². The summed E-state index contributed by atoms with van der Waals surface area (Å²) in [4.78, 5) is 29.8. The molecule has 7 heteroatoms. The van der Waals surface area contributed by atoms with E-state index in [-0.39, 0.29) is 22.9 Å². The second-order valence-electron chi connectivity index (χ2n) is 6.73. The first-order valence-electron chi connectivity index (χ1n) is 9.45. The van der Waals surface area contributed by atoms with Gasteiger partial charge in [0.05, 0.1) is 25.5 Å². The third-order valence-corrected chi connectivity index (χ3v) is 4.75. The Hall–Kier alpha value is -4.13. The van der Waals surface area contributed by atoms with Crippen LogP contribution in [0.25, 0.3) is 6.08 Å². The predicted molar refractivity (Wildman–Crippen MR) is 113 cm³/mol. The van der Waals surface area contributed by atoms with Crippen LogP contribution in [-0.2, 0) is 0 Å². The molecule has 0 saturated carbocycles. The van der Waals surface area contributed by atoms with Crippen LogP contribution in [0.15, 0.2) is 60.5 Å². The van der Waals surface area contributed by atoms with Gasteiger partial charge in [-0.05, 0) is 42.8 Å². The van der Waals surface area contributed by atoms with Gasteiger partial charge in [-0.2, -0.15) is 0 Å². The first-order valence-corrected chi connectivity index (χ1v) is 9.45. The summed E-state index contributed by atoms with van der Waals surface area (Å²) in [5.74, 6) is 0.475. The Bertz CT molecular complexity index is 1180. The van der Waals surface area contributed by atoms with Crippen LogP contribution in [-0.4, -0.2) is 31.0 Å². The highest BCUT2D eigenvalue weighted by molar-refractivity contribution is 6.15. The van der Waals surface area contributed by atoms with Crippen LogP contribution >= 0.6 is 0 Å². The van der Waals surface area contributed by atoms with E-state index in [1.165, 1.54) is 20.3 Å². The maximum absolute atomic E-state index is 12.8. The number of rotatable bonds is 5. The number of pyridine rings is 1. The molecule has 0 amide bonds. The molecule has 3 aromatic rings. The number of Topliss-reactive ketones (excluding diaryl/α,β-unsaturated/α-hetero) is 1. The molecule has 156 valence electrons. The fourth-order valence-electron chi connectivity index (χ4n) is 3.34. The summed E-state index contributed by atoms with van der Waals surface area (Å²) in [5, 5.41) is 0. The van der Waals surface area contributed by atoms with Gasteiger partial charge in [0, 0.05) is 18.3 Å². The molecule has 0 bridgehead atoms. The molecule has 31 heavy (non-hydrogen) atoms. The first-order chi connectivity index (χ1) is 15.0. The summed E-state index contributed by atoms with van der Waals surface area (Å²) < 4.78 is 21.8. The summed E-state index contributed by atoms with van der Waals surface area (Å²) in [7, 11) is 2.92. The summed E-state index contributed by atoms with van der Waals surface area (Å²) in [6.45, 7) is 1.75. The van der Waals surface area contributed by atoms with E-state index < -0.39 is 5.97 Å². The van der Waals surface area contributed by atoms with E-state index in [2.05, 4.69) is 4.98 Å². The minimum absolute atomic E-state index is 0.159. The van der Waals surface area contributed by atoms with Gasteiger partial charge >= 0.3 is 5.97 Å². The maximum Gasteiger partial charge on any atom is 0.351 e. The highest BCUT2D eigenvalue weighted by atomic mass is 16.5. The Morgan fingerprint density at radius 1 is 1.03 bits per heavy atom. The van der Waals surface area contributed by atoms with Crippen LogP contribution in [0.3, 0.4) is 0 Å². The number of aromatic nitrogens is 1. The number of ketones is 1. The van der Waals surface area contributed by atoms with Crippen LogP contribution in [0, 0.1) is 6.92 Å². The van der Waals surface area contributed by atoms with Crippen LogP contribution in [0.5, 0.6) is 23.0 Å². The standard InChI is InChI=1S/C24H19NO6/c1-14-11-16(30-24(27)22-17(28-2)8-6-9-18(22)29-3)13-19-21(14)23(26)20(31-19)12-15-7-4-5-10-25-15/h4-13H,1-3H3/b20-12-. The van der Waals surface area contributed by atoms with Gasteiger partial charge in [-0.15, -0.1) is 0 Å². The molecule has 4 rings (SSSR count). The number of fused-ring (bicyclic) bond motifs is 1. The number of hydrogen-bond donors (Lipinski definition) is 0. The molecule has 0 atom stereocenters. The molecule has 0 unspecified atom stereocenters. The fourth-order valence-corrected chi connectivity index (χ4v) is 3.34. The highest BCUT2D eigenvalue weighted by Gasteiger charge is 2.31. The summed E-state index contributed by atoms with van der Waals surface area (Å²) in [6, 6.07) is 13.5. The Labute approximate surface area is 178 Å². The van der Waals surface area contributed by atoms with Crippen LogP contribution in [0.2, 0.25) is 0 Å². The molecule has 0 aliphatic carbocycles. The average Bonchev–Trinajstić information content (AvgIpc) is 3.09. The molecule has 1 aliphatic heterocycles. The van der Waals surface area contributed by atoms with Crippen LogP contribution < -0.4 is 18.9 Å². The van der Waals surface area contributed by atoms with Crippen molar-refractivity contribution in [3.05, 3.63) is 82.9 Å². The van der Waals surface area contributed by atoms with Crippen LogP contribution in [0.4, 0.5) is 0 Å². The number of aryl methyl sites for hydroxylation is 1. The minimum Gasteiger partial charge on any atom is -0.496 e. The minimum atomic E-state index is -0.651. The molecule has 0 spiro atoms. The van der Waals surface area contributed by atoms with Crippen molar-refractivity contribution in [2.75, 3.05) is 14.2 Å². The monoisotopic (exact) mass is 417 g/mol. The summed E-state index contributed by atoms with van der Waals surface area (Å²) >= 11 is 0. The number of carbonyl (C=O) groups excluding carboxylic acids is 2. The number of allylic oxidation sites excluding steroid dienone is 1. The smallest absolute Gasteiger partial charge is 0.351 e. The SMILES string of the molecule is COc1cccc(OC)c1C(=O)Oc1cc(C)c2c(c1)O/C(=C\c1ccccn1)C2=O. The van der Waals surface area contributed by atoms with Gasteiger partial charge in [0.25, 0.3) is 0 Å². The molecule has 1 aromatic heterocycles. The van der Waals surface area contributed by atoms with E-state index in [0.717, 1.165) is 0 Å². The number of benzene rings is 2. The zero-order chi connectivity index (χ0) is 22.0. The number of carbonyl (C=O) groups is 2. The molecule has 2 aromatic carbocycles. The zero-order valence-corrected chi connectivity index (χ0v) is 17.2. The Balaban J connectivity index is 1.64. The lowest BCUT2D eigenvalue weighted by atomic mass is 10.0. The van der Waals surface area contributed by atoms with Gasteiger partial charge in [-0.25, -0.2) is 4.79 Å². The lowest BCUT2D eigenvalue weighted by Gasteiger charge is -2.13. The Morgan fingerprint density at radius 2 is 1.77 bits per heavy atom. The zero-order valence-electron chi connectivity index (χ0n) is 17.2. The molecule has 0 radical (unpaired) electrons. The van der Waals surface area contributed by atoms with E-state index in [4.69, 9.17) is 18.9 Å². The van der Waals surface area contributed by atoms with Gasteiger partial charge in [-0.3, -0.25) is 9.78 Å². The Kier molecular flexibility index (Phi) is 5.41. The van der Waals surface area contributed by atoms with Gasteiger partial charge in [0.2, 0.25) is 5.78 Å². The van der Waals surface area contributed by atoms with Crippen molar-refractivity contribution >= 4 is 17.8 Å². The number of methoxy groups -OCH3 is 2. The topological polar surface area (TPSA) is 84.0 Å². The second kappa shape index (κ2) is 8.31. The fraction of sp³-hybridized carbons (Fsp3) is 0.125. The maximum atomic E-state index is 12.8. The van der Waals surface area contributed by atoms with Gasteiger partial charge in [0.1, 0.15) is 28.6 Å². The number of ether oxygens (including phenoxy) is 4. The molecule has 1 aliphatic rings. The highest BCUT2D eigenvalue weighted by Crippen LogP contribution is 2.38. The van der Waals surface area contributed by atoms with Gasteiger partial charge in [0.15, 0.2) is 5.76 Å². The van der Waals surface area contributed by atoms with Crippen molar-refractivity contribution in [1.29, 1.82) is 0 Å². The number of nitrogens with zero attached hydrogens (tertiary/aromatic N) is 1. The van der Waals surface area contributed by atoms with E-state index in [1.807, 2.05) is 6.07 Å². The molecule has 7 nitrogen and oxygen atoms in total. The lowest BCUT2D eigenvalue weighted by molar-refractivity contribution is 0.0727. The van der Waals surface area contributed by atoms with E-state index >= 15 is 0 Å². The summed E-state index contributed by atoms with van der Waals surface area (Å²) in [5.41, 5.74) is 1.82. The van der Waals surface area contributed by atoms with Crippen molar-refractivity contribution in [3.63, 3.8) is 0 Å². The second-order valence-corrected chi connectivity index (χ2v) is 6.73. The van der Waals surface area contributed by atoms with Gasteiger partial charge < -0.3 is 18.9 Å². The predicted octanol–water partition coefficient (Wildman–Crippen LogP) is 4.24. The third kappa shape index (κ3) is 3.85. The van der Waals surface area contributed by atoms with Crippen molar-refractivity contribution in [2.24, 2.45) is 0 Å². The number of esters is 1. The lowest BCUT2D eigenvalue weighted by Crippen LogP contribution is -2.12. The van der Waals surface area contributed by atoms with Crippen LogP contribution in [0.1, 0.15) is 32.0 Å². The largest absolute Gasteiger partial charge is 0.496 e. The molecule has 0 saturated heterocycles. The Morgan fingerprint density at radius 3 is 2.42 bits per heavy atom. The van der Waals surface area contributed by atoms with Crippen molar-refractivity contribution in [3.8, 4) is 23.0 Å². The van der Waals surface area contributed by atoms with E-state index in [9.17, 15) is 9.59 Å². The van der Waals surface area contributed by atoms with E-state index in [1.54, 1.807) is 55.6 Å². The molecular formula is C24H19NO6. The molecule has 0 fully saturated rings. The first kappa shape index (κ1) is 20.2.